The number of nitrogens with one attached hydrogen (secondary N) is 1. The van der Waals surface area contributed by atoms with E-state index < -0.39 is 0 Å². The summed E-state index contributed by atoms with van der Waals surface area (Å²) in [5, 5.41) is 13.2. The minimum Gasteiger partial charge on any atom is -0.506 e. The summed E-state index contributed by atoms with van der Waals surface area (Å²) in [5.41, 5.74) is 0.398. The Hall–Kier alpha value is -2.45. The predicted octanol–water partition coefficient (Wildman–Crippen LogP) is 1.01. The van der Waals surface area contributed by atoms with Gasteiger partial charge in [-0.25, -0.2) is 0 Å². The number of rotatable bonds is 6. The molecular formula is C19H25ClN4O4. The predicted molar refractivity (Wildman–Crippen MR) is 107 cm³/mol. The van der Waals surface area contributed by atoms with Gasteiger partial charge in [-0.1, -0.05) is 18.2 Å². The first-order valence-electron chi connectivity index (χ1n) is 9.16. The number of amides is 2. The highest BCUT2D eigenvalue weighted by Crippen LogP contribution is 2.35. The van der Waals surface area contributed by atoms with Crippen LogP contribution in [0, 0.1) is 0 Å². The van der Waals surface area contributed by atoms with E-state index in [1.54, 1.807) is 15.9 Å². The van der Waals surface area contributed by atoms with Gasteiger partial charge in [0, 0.05) is 57.4 Å². The van der Waals surface area contributed by atoms with Crippen molar-refractivity contribution in [1.29, 1.82) is 0 Å². The molecule has 0 saturated carbocycles. The number of anilines is 1. The topological polar surface area (TPSA) is 85.4 Å². The van der Waals surface area contributed by atoms with E-state index in [0.29, 0.717) is 35.6 Å². The maximum atomic E-state index is 12.5. The molecule has 28 heavy (non-hydrogen) atoms. The second-order valence-electron chi connectivity index (χ2n) is 6.88. The van der Waals surface area contributed by atoms with E-state index in [1.165, 1.54) is 19.3 Å². The molecule has 8 nitrogen and oxygen atoms in total. The lowest BCUT2D eigenvalue weighted by atomic mass is 10.1. The molecule has 2 N–H and O–H groups in total. The SMILES string of the molecule is C=CC(=O)N1CC(N2CCN(C(=O)CNc3cc(OC)c(Cl)cc3O)CC2)C1. The number of halogens is 1. The van der Waals surface area contributed by atoms with Crippen LogP contribution in [0.25, 0.3) is 0 Å². The van der Waals surface area contributed by atoms with Crippen molar-refractivity contribution in [2.45, 2.75) is 6.04 Å². The molecule has 3 rings (SSSR count). The number of piperazine rings is 1. The van der Waals surface area contributed by atoms with Crippen molar-refractivity contribution in [3.63, 3.8) is 0 Å². The first kappa shape index (κ1) is 20.3. The molecule has 0 bridgehead atoms. The van der Waals surface area contributed by atoms with Crippen LogP contribution in [0.15, 0.2) is 24.8 Å². The van der Waals surface area contributed by atoms with E-state index in [4.69, 9.17) is 16.3 Å². The number of ether oxygens (including phenoxy) is 1. The third-order valence-electron chi connectivity index (χ3n) is 5.23. The average Bonchev–Trinajstić information content (AvgIpc) is 2.66. The summed E-state index contributed by atoms with van der Waals surface area (Å²) >= 11 is 5.96. The van der Waals surface area contributed by atoms with Crippen LogP contribution >= 0.6 is 11.6 Å². The molecule has 0 atom stereocenters. The third-order valence-corrected chi connectivity index (χ3v) is 5.53. The van der Waals surface area contributed by atoms with Gasteiger partial charge in [0.25, 0.3) is 0 Å². The van der Waals surface area contributed by atoms with Gasteiger partial charge >= 0.3 is 0 Å². The number of methoxy groups -OCH3 is 1. The van der Waals surface area contributed by atoms with Crippen molar-refractivity contribution in [3.05, 3.63) is 29.8 Å². The van der Waals surface area contributed by atoms with Crippen LogP contribution in [0.1, 0.15) is 0 Å². The number of phenols is 1. The van der Waals surface area contributed by atoms with Crippen LogP contribution in [0.4, 0.5) is 5.69 Å². The van der Waals surface area contributed by atoms with Crippen LogP contribution in [0.3, 0.4) is 0 Å². The van der Waals surface area contributed by atoms with E-state index in [2.05, 4.69) is 16.8 Å². The Labute approximate surface area is 169 Å². The van der Waals surface area contributed by atoms with Crippen LogP contribution in [0.5, 0.6) is 11.5 Å². The monoisotopic (exact) mass is 408 g/mol. The number of carbonyl (C=O) groups excluding carboxylic acids is 2. The van der Waals surface area contributed by atoms with Crippen LogP contribution in [0.2, 0.25) is 5.02 Å². The molecular weight excluding hydrogens is 384 g/mol. The normalized spacial score (nSPS) is 17.8. The van der Waals surface area contributed by atoms with Crippen molar-refractivity contribution < 1.29 is 19.4 Å². The van der Waals surface area contributed by atoms with Gasteiger partial charge < -0.3 is 25.0 Å². The minimum atomic E-state index is -0.0370. The fraction of sp³-hybridized carbons (Fsp3) is 0.474. The van der Waals surface area contributed by atoms with Gasteiger partial charge in [-0.3, -0.25) is 14.5 Å². The highest BCUT2D eigenvalue weighted by Gasteiger charge is 2.35. The third kappa shape index (κ3) is 4.34. The second kappa shape index (κ2) is 8.70. The molecule has 152 valence electrons. The van der Waals surface area contributed by atoms with E-state index in [0.717, 1.165) is 26.2 Å². The summed E-state index contributed by atoms with van der Waals surface area (Å²) < 4.78 is 5.13. The van der Waals surface area contributed by atoms with Gasteiger partial charge in [-0.15, -0.1) is 0 Å². The molecule has 0 aromatic heterocycles. The molecule has 2 aliphatic heterocycles. The quantitative estimate of drug-likeness (QED) is 0.539. The highest BCUT2D eigenvalue weighted by molar-refractivity contribution is 6.32. The summed E-state index contributed by atoms with van der Waals surface area (Å²) in [7, 11) is 1.49. The Morgan fingerprint density at radius 2 is 1.96 bits per heavy atom. The van der Waals surface area contributed by atoms with Gasteiger partial charge in [0.1, 0.15) is 11.5 Å². The maximum Gasteiger partial charge on any atom is 0.246 e. The zero-order chi connectivity index (χ0) is 20.3. The van der Waals surface area contributed by atoms with Crippen molar-refractivity contribution >= 4 is 29.1 Å². The number of phenolic OH excluding ortho intramolecular Hbond substituents is 1. The first-order valence-corrected chi connectivity index (χ1v) is 9.54. The smallest absolute Gasteiger partial charge is 0.246 e. The van der Waals surface area contributed by atoms with Crippen LogP contribution in [-0.2, 0) is 9.59 Å². The number of aromatic hydroxyl groups is 1. The number of hydrogen-bond acceptors (Lipinski definition) is 6. The molecule has 0 radical (unpaired) electrons. The zero-order valence-electron chi connectivity index (χ0n) is 15.9. The molecule has 0 spiro atoms. The average molecular weight is 409 g/mol. The lowest BCUT2D eigenvalue weighted by Gasteiger charge is -2.47. The second-order valence-corrected chi connectivity index (χ2v) is 7.28. The Balaban J connectivity index is 1.45. The summed E-state index contributed by atoms with van der Waals surface area (Å²) in [6.45, 7) is 7.87. The Morgan fingerprint density at radius 1 is 1.29 bits per heavy atom. The van der Waals surface area contributed by atoms with Crippen molar-refractivity contribution in [3.8, 4) is 11.5 Å². The minimum absolute atomic E-state index is 0.0294. The van der Waals surface area contributed by atoms with E-state index >= 15 is 0 Å². The molecule has 2 heterocycles. The van der Waals surface area contributed by atoms with Gasteiger partial charge in [0.2, 0.25) is 11.8 Å². The highest BCUT2D eigenvalue weighted by atomic mass is 35.5. The van der Waals surface area contributed by atoms with E-state index in [-0.39, 0.29) is 24.1 Å². The van der Waals surface area contributed by atoms with Gasteiger partial charge in [-0.2, -0.15) is 0 Å². The number of carbonyl (C=O) groups is 2. The maximum absolute atomic E-state index is 12.5. The van der Waals surface area contributed by atoms with Gasteiger partial charge in [-0.05, 0) is 6.08 Å². The first-order chi connectivity index (χ1) is 13.4. The van der Waals surface area contributed by atoms with E-state index in [1.807, 2.05) is 0 Å². The fourth-order valence-corrected chi connectivity index (χ4v) is 3.69. The Morgan fingerprint density at radius 3 is 2.57 bits per heavy atom. The Kier molecular flexibility index (Phi) is 6.31. The summed E-state index contributed by atoms with van der Waals surface area (Å²) in [4.78, 5) is 29.9. The van der Waals surface area contributed by atoms with Crippen LogP contribution < -0.4 is 10.1 Å². The van der Waals surface area contributed by atoms with Crippen molar-refractivity contribution in [2.75, 3.05) is 58.2 Å². The van der Waals surface area contributed by atoms with Crippen molar-refractivity contribution in [1.82, 2.24) is 14.7 Å². The number of benzene rings is 1. The molecule has 1 aromatic carbocycles. The number of likely N-dealkylation sites (tertiary alicyclic amines) is 1. The number of nitrogens with zero attached hydrogens (tertiary/aromatic N) is 3. The fourth-order valence-electron chi connectivity index (χ4n) is 3.46. The van der Waals surface area contributed by atoms with Gasteiger partial charge in [0.15, 0.2) is 0 Å². The number of hydrogen-bond donors (Lipinski definition) is 2. The molecule has 1 aromatic rings. The zero-order valence-corrected chi connectivity index (χ0v) is 16.6. The lowest BCUT2D eigenvalue weighted by Crippen LogP contribution is -2.64. The molecule has 2 aliphatic rings. The van der Waals surface area contributed by atoms with Crippen molar-refractivity contribution in [2.24, 2.45) is 0 Å². The summed E-state index contributed by atoms with van der Waals surface area (Å²) in [6, 6.07) is 3.30. The summed E-state index contributed by atoms with van der Waals surface area (Å²) in [6.07, 6.45) is 1.34. The summed E-state index contributed by atoms with van der Waals surface area (Å²) in [5.74, 6) is 0.322. The molecule has 0 aliphatic carbocycles. The molecule has 0 unspecified atom stereocenters. The molecule has 2 fully saturated rings. The van der Waals surface area contributed by atoms with E-state index in [9.17, 15) is 14.7 Å². The standard InChI is InChI=1S/C19H25ClN4O4/c1-3-18(26)24-11-13(12-24)22-4-6-23(7-5-22)19(27)10-21-15-9-17(28-2)14(20)8-16(15)25/h3,8-9,13,21,25H,1,4-7,10-12H2,2H3. The lowest BCUT2D eigenvalue weighted by molar-refractivity contribution is -0.135. The van der Waals surface area contributed by atoms with Crippen LogP contribution in [-0.4, -0.2) is 90.6 Å². The molecule has 2 saturated heterocycles. The molecule has 2 amide bonds. The van der Waals surface area contributed by atoms with Gasteiger partial charge in [0.05, 0.1) is 24.4 Å². The molecule has 9 heteroatoms. The largest absolute Gasteiger partial charge is 0.506 e. The Bertz CT molecular complexity index is 759.